The Balaban J connectivity index is 1.77. The highest BCUT2D eigenvalue weighted by Gasteiger charge is 2.49. The quantitative estimate of drug-likeness (QED) is 0.287. The van der Waals surface area contributed by atoms with Crippen molar-refractivity contribution >= 4 is 51.8 Å². The van der Waals surface area contributed by atoms with Gasteiger partial charge in [0, 0.05) is 21.4 Å². The number of benzene rings is 2. The van der Waals surface area contributed by atoms with E-state index < -0.39 is 34.9 Å². The van der Waals surface area contributed by atoms with Crippen molar-refractivity contribution < 1.29 is 19.3 Å². The smallest absolute Gasteiger partial charge is 0.325 e. The molecule has 1 aliphatic heterocycles. The van der Waals surface area contributed by atoms with Gasteiger partial charge in [0.15, 0.2) is 0 Å². The molecule has 144 valence electrons. The maximum Gasteiger partial charge on any atom is 0.325 e. The zero-order chi connectivity index (χ0) is 20.5. The molecule has 1 fully saturated rings. The zero-order valence-corrected chi connectivity index (χ0v) is 16.8. The molecule has 0 bridgehead atoms. The fraction of sp³-hybridized carbons (Fsp3) is 0.167. The Morgan fingerprint density at radius 1 is 1.25 bits per heavy atom. The minimum atomic E-state index is -1.49. The first-order valence-electron chi connectivity index (χ1n) is 8.15. The molecular formula is C18H15IN4O5. The molecule has 0 aromatic heterocycles. The molecule has 3 rings (SSSR count). The number of nitro benzene ring substituents is 1. The molecule has 1 aliphatic rings. The molecule has 28 heavy (non-hydrogen) atoms. The van der Waals surface area contributed by atoms with Gasteiger partial charge in [-0.15, -0.1) is 0 Å². The largest absolute Gasteiger partial charge is 0.325 e. The van der Waals surface area contributed by atoms with Crippen molar-refractivity contribution in [3.05, 3.63) is 67.8 Å². The number of rotatable bonds is 5. The number of hydrogen-bond acceptors (Lipinski definition) is 5. The van der Waals surface area contributed by atoms with Crippen molar-refractivity contribution in [2.24, 2.45) is 0 Å². The Labute approximate surface area is 173 Å². The lowest BCUT2D eigenvalue weighted by Gasteiger charge is -2.22. The predicted molar refractivity (Wildman–Crippen MR) is 108 cm³/mol. The Morgan fingerprint density at radius 3 is 2.57 bits per heavy atom. The lowest BCUT2D eigenvalue weighted by Crippen LogP contribution is -2.42. The molecule has 9 nitrogen and oxygen atoms in total. The second-order valence-electron chi connectivity index (χ2n) is 6.31. The van der Waals surface area contributed by atoms with Crippen LogP contribution in [0.25, 0.3) is 0 Å². The van der Waals surface area contributed by atoms with Crippen LogP contribution in [0, 0.1) is 13.7 Å². The van der Waals surface area contributed by atoms with Crippen LogP contribution in [0.1, 0.15) is 12.5 Å². The molecule has 10 heteroatoms. The number of nitro groups is 1. The average molecular weight is 494 g/mol. The molecular weight excluding hydrogens is 479 g/mol. The summed E-state index contributed by atoms with van der Waals surface area (Å²) < 4.78 is 0.998. The van der Waals surface area contributed by atoms with Gasteiger partial charge in [-0.2, -0.15) is 0 Å². The summed E-state index contributed by atoms with van der Waals surface area (Å²) in [6.07, 6.45) is 0. The molecule has 2 aromatic rings. The van der Waals surface area contributed by atoms with Gasteiger partial charge in [0.05, 0.1) is 4.92 Å². The molecule has 2 aromatic carbocycles. The lowest BCUT2D eigenvalue weighted by molar-refractivity contribution is -0.385. The van der Waals surface area contributed by atoms with Gasteiger partial charge in [0.2, 0.25) is 5.91 Å². The van der Waals surface area contributed by atoms with Crippen LogP contribution in [0.15, 0.2) is 48.5 Å². The highest BCUT2D eigenvalue weighted by atomic mass is 127. The third-order valence-electron chi connectivity index (χ3n) is 4.34. The van der Waals surface area contributed by atoms with Crippen LogP contribution in [-0.2, 0) is 15.1 Å². The number of carbonyl (C=O) groups excluding carboxylic acids is 3. The first kappa shape index (κ1) is 19.7. The number of carbonyl (C=O) groups is 3. The molecule has 4 amide bonds. The first-order chi connectivity index (χ1) is 13.2. The highest BCUT2D eigenvalue weighted by molar-refractivity contribution is 14.1. The predicted octanol–water partition coefficient (Wildman–Crippen LogP) is 2.61. The van der Waals surface area contributed by atoms with E-state index in [4.69, 9.17) is 0 Å². The van der Waals surface area contributed by atoms with Crippen LogP contribution in [0.4, 0.5) is 16.2 Å². The van der Waals surface area contributed by atoms with Crippen molar-refractivity contribution in [3.8, 4) is 0 Å². The molecule has 0 spiro atoms. The van der Waals surface area contributed by atoms with Gasteiger partial charge in [-0.05, 0) is 59.3 Å². The Kier molecular flexibility index (Phi) is 5.31. The monoisotopic (exact) mass is 494 g/mol. The van der Waals surface area contributed by atoms with Crippen LogP contribution in [0.2, 0.25) is 0 Å². The van der Waals surface area contributed by atoms with Gasteiger partial charge >= 0.3 is 6.03 Å². The van der Waals surface area contributed by atoms with E-state index in [1.165, 1.54) is 31.2 Å². The van der Waals surface area contributed by atoms with Crippen molar-refractivity contribution in [3.63, 3.8) is 0 Å². The topological polar surface area (TPSA) is 122 Å². The average Bonchev–Trinajstić information content (AvgIpc) is 2.88. The van der Waals surface area contributed by atoms with E-state index in [1.807, 2.05) is 12.1 Å². The van der Waals surface area contributed by atoms with E-state index in [0.29, 0.717) is 5.69 Å². The van der Waals surface area contributed by atoms with E-state index >= 15 is 0 Å². The zero-order valence-electron chi connectivity index (χ0n) is 14.6. The number of nitrogens with one attached hydrogen (secondary N) is 2. The standard InChI is InChI=1S/C18H15IN4O5/c1-18(11-3-2-4-14(9-11)23(27)28)16(25)22(17(26)21-18)10-15(24)20-13-7-5-12(19)6-8-13/h2-9H,10H2,1H3,(H,20,24)(H,21,26). The van der Waals surface area contributed by atoms with Crippen molar-refractivity contribution in [2.75, 3.05) is 11.9 Å². The van der Waals surface area contributed by atoms with Gasteiger partial charge in [-0.3, -0.25) is 24.6 Å². The molecule has 1 heterocycles. The van der Waals surface area contributed by atoms with Crippen LogP contribution in [0.5, 0.6) is 0 Å². The van der Waals surface area contributed by atoms with E-state index in [-0.39, 0.29) is 11.3 Å². The van der Waals surface area contributed by atoms with Crippen LogP contribution >= 0.6 is 22.6 Å². The van der Waals surface area contributed by atoms with Crippen LogP contribution in [-0.4, -0.2) is 34.2 Å². The Bertz CT molecular complexity index is 978. The van der Waals surface area contributed by atoms with Gasteiger partial charge in [-0.1, -0.05) is 12.1 Å². The van der Waals surface area contributed by atoms with E-state index in [9.17, 15) is 24.5 Å². The fourth-order valence-electron chi connectivity index (χ4n) is 2.84. The molecule has 1 unspecified atom stereocenters. The highest BCUT2D eigenvalue weighted by Crippen LogP contribution is 2.30. The Morgan fingerprint density at radius 2 is 1.93 bits per heavy atom. The van der Waals surface area contributed by atoms with Crippen molar-refractivity contribution in [1.82, 2.24) is 10.2 Å². The van der Waals surface area contributed by atoms with Gasteiger partial charge in [-0.25, -0.2) is 4.79 Å². The van der Waals surface area contributed by atoms with Crippen molar-refractivity contribution in [1.29, 1.82) is 0 Å². The molecule has 0 aliphatic carbocycles. The first-order valence-corrected chi connectivity index (χ1v) is 9.23. The number of nitrogens with zero attached hydrogens (tertiary/aromatic N) is 2. The number of non-ortho nitro benzene ring substituents is 1. The Hall–Kier alpha value is -3.02. The SMILES string of the molecule is CC1(c2cccc([N+](=O)[O-])c2)NC(=O)N(CC(=O)Nc2ccc(I)cc2)C1=O. The molecule has 0 saturated carbocycles. The maximum atomic E-state index is 12.8. The van der Waals surface area contributed by atoms with Crippen LogP contribution < -0.4 is 10.6 Å². The molecule has 1 saturated heterocycles. The number of hydrogen-bond donors (Lipinski definition) is 2. The number of imide groups is 1. The van der Waals surface area contributed by atoms with Crippen molar-refractivity contribution in [2.45, 2.75) is 12.5 Å². The maximum absolute atomic E-state index is 12.8. The summed E-state index contributed by atoms with van der Waals surface area (Å²) in [6.45, 7) is 0.977. The minimum Gasteiger partial charge on any atom is -0.325 e. The summed E-state index contributed by atoms with van der Waals surface area (Å²) in [5, 5.41) is 16.1. The summed E-state index contributed by atoms with van der Waals surface area (Å²) in [7, 11) is 0. The van der Waals surface area contributed by atoms with E-state index in [0.717, 1.165) is 8.47 Å². The second-order valence-corrected chi connectivity index (χ2v) is 7.55. The number of urea groups is 1. The molecule has 2 N–H and O–H groups in total. The minimum absolute atomic E-state index is 0.198. The molecule has 0 radical (unpaired) electrons. The van der Waals surface area contributed by atoms with Gasteiger partial charge < -0.3 is 10.6 Å². The van der Waals surface area contributed by atoms with Gasteiger partial charge in [0.25, 0.3) is 11.6 Å². The summed E-state index contributed by atoms with van der Waals surface area (Å²) in [6, 6.07) is 11.8. The van der Waals surface area contributed by atoms with E-state index in [1.54, 1.807) is 12.1 Å². The summed E-state index contributed by atoms with van der Waals surface area (Å²) in [4.78, 5) is 48.6. The number of anilines is 1. The van der Waals surface area contributed by atoms with E-state index in [2.05, 4.69) is 33.2 Å². The fourth-order valence-corrected chi connectivity index (χ4v) is 3.20. The number of amides is 4. The molecule has 1 atom stereocenters. The number of halogens is 1. The summed E-state index contributed by atoms with van der Waals surface area (Å²) in [5.74, 6) is -1.19. The van der Waals surface area contributed by atoms with Gasteiger partial charge in [0.1, 0.15) is 12.1 Å². The van der Waals surface area contributed by atoms with Crippen LogP contribution in [0.3, 0.4) is 0 Å². The summed E-state index contributed by atoms with van der Waals surface area (Å²) >= 11 is 2.13. The third kappa shape index (κ3) is 3.81. The summed E-state index contributed by atoms with van der Waals surface area (Å²) in [5.41, 5.74) is -0.887. The third-order valence-corrected chi connectivity index (χ3v) is 5.06. The second kappa shape index (κ2) is 7.54. The lowest BCUT2D eigenvalue weighted by atomic mass is 9.91. The normalized spacial score (nSPS) is 18.7.